The maximum atomic E-state index is 12.1. The third kappa shape index (κ3) is 6.51. The van der Waals surface area contributed by atoms with E-state index in [1.54, 1.807) is 48.5 Å². The number of carbonyl (C=O) groups is 1. The minimum Gasteiger partial charge on any atom is -0.478 e. The Morgan fingerprint density at radius 1 is 1.08 bits per heavy atom. The molecule has 6 heteroatoms. The summed E-state index contributed by atoms with van der Waals surface area (Å²) in [5.74, 6) is -0.771. The zero-order valence-electron chi connectivity index (χ0n) is 13.9. The summed E-state index contributed by atoms with van der Waals surface area (Å²) in [6.07, 6.45) is 1.71. The fourth-order valence-electron chi connectivity index (χ4n) is 2.38. The maximum absolute atomic E-state index is 12.1. The van der Waals surface area contributed by atoms with E-state index in [4.69, 9.17) is 5.11 Å². The Kier molecular flexibility index (Phi) is 6.89. The zero-order valence-corrected chi connectivity index (χ0v) is 13.9. The topological polar surface area (TPSA) is 58.6 Å². The van der Waals surface area contributed by atoms with Crippen molar-refractivity contribution in [3.05, 3.63) is 65.2 Å². The number of hydrogen-bond donors (Lipinski definition) is 2. The number of carboxylic acids is 1. The van der Waals surface area contributed by atoms with E-state index in [0.29, 0.717) is 6.54 Å². The number of rotatable bonds is 9. The van der Waals surface area contributed by atoms with Gasteiger partial charge in [-0.1, -0.05) is 24.3 Å². The summed E-state index contributed by atoms with van der Waals surface area (Å²) in [7, 11) is 0. The molecule has 0 saturated carbocycles. The van der Waals surface area contributed by atoms with Gasteiger partial charge in [-0.15, -0.1) is 0 Å². The van der Waals surface area contributed by atoms with Gasteiger partial charge >= 0.3 is 12.6 Å². The van der Waals surface area contributed by atoms with Crippen LogP contribution < -0.4 is 10.1 Å². The normalized spacial score (nSPS) is 12.2. The summed E-state index contributed by atoms with van der Waals surface area (Å²) in [5.41, 5.74) is 2.35. The van der Waals surface area contributed by atoms with Crippen molar-refractivity contribution in [1.82, 2.24) is 5.32 Å². The van der Waals surface area contributed by atoms with Crippen LogP contribution in [0.1, 0.15) is 34.8 Å². The van der Waals surface area contributed by atoms with Crippen molar-refractivity contribution in [2.24, 2.45) is 0 Å². The van der Waals surface area contributed by atoms with Gasteiger partial charge in [-0.25, -0.2) is 4.79 Å². The van der Waals surface area contributed by atoms with Gasteiger partial charge in [0.1, 0.15) is 5.75 Å². The molecule has 25 heavy (non-hydrogen) atoms. The molecule has 0 bridgehead atoms. The molecule has 1 atom stereocenters. The van der Waals surface area contributed by atoms with E-state index < -0.39 is 12.6 Å². The van der Waals surface area contributed by atoms with E-state index in [1.807, 2.05) is 0 Å². The third-order valence-corrected chi connectivity index (χ3v) is 3.87. The van der Waals surface area contributed by atoms with Gasteiger partial charge in [-0.3, -0.25) is 0 Å². The Morgan fingerprint density at radius 3 is 2.24 bits per heavy atom. The van der Waals surface area contributed by atoms with Crippen molar-refractivity contribution in [2.45, 2.75) is 39.0 Å². The number of carboxylic acid groups (broad SMARTS) is 1. The van der Waals surface area contributed by atoms with Crippen LogP contribution in [-0.2, 0) is 13.0 Å². The predicted octanol–water partition coefficient (Wildman–Crippen LogP) is 4.10. The second-order valence-electron chi connectivity index (χ2n) is 5.85. The van der Waals surface area contributed by atoms with Crippen LogP contribution in [-0.4, -0.2) is 23.7 Å². The van der Waals surface area contributed by atoms with E-state index in [0.717, 1.165) is 24.0 Å². The van der Waals surface area contributed by atoms with E-state index in [1.165, 1.54) is 0 Å². The molecule has 2 aromatic rings. The molecule has 0 aliphatic rings. The van der Waals surface area contributed by atoms with Gasteiger partial charge < -0.3 is 15.2 Å². The minimum atomic E-state index is -2.81. The van der Waals surface area contributed by atoms with E-state index in [-0.39, 0.29) is 17.4 Å². The highest BCUT2D eigenvalue weighted by atomic mass is 19.3. The molecule has 0 fully saturated rings. The molecule has 0 radical (unpaired) electrons. The average Bonchev–Trinajstić information content (AvgIpc) is 2.59. The second kappa shape index (κ2) is 9.13. The molecule has 0 spiro atoms. The average molecular weight is 349 g/mol. The molecule has 2 N–H and O–H groups in total. The first-order valence-corrected chi connectivity index (χ1v) is 8.03. The lowest BCUT2D eigenvalue weighted by atomic mass is 10.1. The van der Waals surface area contributed by atoms with Gasteiger partial charge in [0.15, 0.2) is 0 Å². The number of aryl methyl sites for hydroxylation is 1. The van der Waals surface area contributed by atoms with Crippen LogP contribution >= 0.6 is 0 Å². The summed E-state index contributed by atoms with van der Waals surface area (Å²) in [6, 6.07) is 13.7. The van der Waals surface area contributed by atoms with Gasteiger partial charge in [0.25, 0.3) is 0 Å². The molecule has 2 aromatic carbocycles. The molecule has 1 unspecified atom stereocenters. The predicted molar refractivity (Wildman–Crippen MR) is 91.1 cm³/mol. The SMILES string of the molecule is CC(CCc1ccc(OC(F)F)cc1)NCc1ccc(C(=O)O)cc1. The van der Waals surface area contributed by atoms with Crippen LogP contribution in [0.2, 0.25) is 0 Å². The molecular formula is C19H21F2NO3. The first-order chi connectivity index (χ1) is 11.9. The fourth-order valence-corrected chi connectivity index (χ4v) is 2.38. The van der Waals surface area contributed by atoms with E-state index in [9.17, 15) is 13.6 Å². The molecule has 0 aliphatic carbocycles. The molecule has 134 valence electrons. The number of alkyl halides is 2. The molecule has 0 heterocycles. The highest BCUT2D eigenvalue weighted by Gasteiger charge is 2.06. The highest BCUT2D eigenvalue weighted by molar-refractivity contribution is 5.87. The monoisotopic (exact) mass is 349 g/mol. The maximum Gasteiger partial charge on any atom is 0.387 e. The number of benzene rings is 2. The first kappa shape index (κ1) is 18.9. The van der Waals surface area contributed by atoms with Gasteiger partial charge in [-0.2, -0.15) is 8.78 Å². The van der Waals surface area contributed by atoms with Crippen LogP contribution in [0.5, 0.6) is 5.75 Å². The first-order valence-electron chi connectivity index (χ1n) is 8.03. The number of hydrogen-bond acceptors (Lipinski definition) is 3. The van der Waals surface area contributed by atoms with Gasteiger partial charge in [0.05, 0.1) is 5.56 Å². The van der Waals surface area contributed by atoms with Crippen molar-refractivity contribution in [1.29, 1.82) is 0 Å². The Hall–Kier alpha value is -2.47. The molecule has 0 saturated heterocycles. The highest BCUT2D eigenvalue weighted by Crippen LogP contribution is 2.16. The summed E-state index contributed by atoms with van der Waals surface area (Å²) >= 11 is 0. The molecule has 0 amide bonds. The van der Waals surface area contributed by atoms with Crippen molar-refractivity contribution in [3.63, 3.8) is 0 Å². The Labute approximate surface area is 145 Å². The van der Waals surface area contributed by atoms with Gasteiger partial charge in [0.2, 0.25) is 0 Å². The number of halogens is 2. The summed E-state index contributed by atoms with van der Waals surface area (Å²) in [6.45, 7) is -0.0816. The smallest absolute Gasteiger partial charge is 0.387 e. The number of nitrogens with one attached hydrogen (secondary N) is 1. The zero-order chi connectivity index (χ0) is 18.2. The fraction of sp³-hybridized carbons (Fsp3) is 0.316. The van der Waals surface area contributed by atoms with E-state index >= 15 is 0 Å². The Bertz CT molecular complexity index is 672. The van der Waals surface area contributed by atoms with E-state index in [2.05, 4.69) is 17.0 Å². The van der Waals surface area contributed by atoms with Gasteiger partial charge in [-0.05, 0) is 55.2 Å². The largest absolute Gasteiger partial charge is 0.478 e. The van der Waals surface area contributed by atoms with Crippen molar-refractivity contribution in [3.8, 4) is 5.75 Å². The molecule has 4 nitrogen and oxygen atoms in total. The Balaban J connectivity index is 1.74. The lowest BCUT2D eigenvalue weighted by Gasteiger charge is -2.14. The van der Waals surface area contributed by atoms with Crippen molar-refractivity contribution >= 4 is 5.97 Å². The van der Waals surface area contributed by atoms with Crippen molar-refractivity contribution in [2.75, 3.05) is 0 Å². The quantitative estimate of drug-likeness (QED) is 0.716. The van der Waals surface area contributed by atoms with Crippen molar-refractivity contribution < 1.29 is 23.4 Å². The standard InChI is InChI=1S/C19H21F2NO3/c1-13(22-12-15-4-8-16(9-5-15)18(23)24)2-3-14-6-10-17(11-7-14)25-19(20)21/h4-11,13,19,22H,2-3,12H2,1H3,(H,23,24). The lowest BCUT2D eigenvalue weighted by Crippen LogP contribution is -2.26. The molecule has 0 aliphatic heterocycles. The minimum absolute atomic E-state index is 0.162. The number of aromatic carboxylic acids is 1. The van der Waals surface area contributed by atoms with Crippen LogP contribution in [0, 0.1) is 0 Å². The second-order valence-corrected chi connectivity index (χ2v) is 5.85. The van der Waals surface area contributed by atoms with Crippen LogP contribution in [0.25, 0.3) is 0 Å². The number of ether oxygens (including phenoxy) is 1. The lowest BCUT2D eigenvalue weighted by molar-refractivity contribution is -0.0498. The molecule has 0 aromatic heterocycles. The molecule has 2 rings (SSSR count). The van der Waals surface area contributed by atoms with Crippen LogP contribution in [0.15, 0.2) is 48.5 Å². The Morgan fingerprint density at radius 2 is 1.68 bits per heavy atom. The van der Waals surface area contributed by atoms with Crippen LogP contribution in [0.3, 0.4) is 0 Å². The van der Waals surface area contributed by atoms with Crippen LogP contribution in [0.4, 0.5) is 8.78 Å². The van der Waals surface area contributed by atoms with Gasteiger partial charge in [0, 0.05) is 12.6 Å². The molecular weight excluding hydrogens is 328 g/mol. The summed E-state index contributed by atoms with van der Waals surface area (Å²) < 4.78 is 28.5. The summed E-state index contributed by atoms with van der Waals surface area (Å²) in [4.78, 5) is 10.8. The summed E-state index contributed by atoms with van der Waals surface area (Å²) in [5, 5.41) is 12.3. The third-order valence-electron chi connectivity index (χ3n) is 3.87.